The molecule has 19 heavy (non-hydrogen) atoms. The van der Waals surface area contributed by atoms with Crippen molar-refractivity contribution in [3.8, 4) is 17.1 Å². The zero-order valence-electron chi connectivity index (χ0n) is 10.9. The van der Waals surface area contributed by atoms with E-state index in [2.05, 4.69) is 10.1 Å². The second-order valence-corrected chi connectivity index (χ2v) is 4.67. The summed E-state index contributed by atoms with van der Waals surface area (Å²) in [5.74, 6) is 1.62. The first-order valence-electron chi connectivity index (χ1n) is 6.06. The third kappa shape index (κ3) is 3.24. The molecule has 0 fully saturated rings. The second-order valence-electron chi connectivity index (χ2n) is 4.23. The molecule has 2 rings (SSSR count). The Bertz CT molecular complexity index is 557. The van der Waals surface area contributed by atoms with E-state index in [-0.39, 0.29) is 6.04 Å². The topological polar surface area (TPSA) is 74.2 Å². The first kappa shape index (κ1) is 13.8. The molecule has 1 aromatic heterocycles. The summed E-state index contributed by atoms with van der Waals surface area (Å²) in [5, 5.41) is 4.54. The summed E-state index contributed by atoms with van der Waals surface area (Å²) in [5.41, 5.74) is 6.60. The SMILES string of the molecule is CCC(N)Cc1nc(-c2ccc(Cl)cc2OC)no1. The van der Waals surface area contributed by atoms with Crippen LogP contribution in [-0.4, -0.2) is 23.3 Å². The lowest BCUT2D eigenvalue weighted by atomic mass is 10.1. The maximum absolute atomic E-state index is 5.92. The molecule has 1 aromatic carbocycles. The Kier molecular flexibility index (Phi) is 4.39. The second kappa shape index (κ2) is 6.04. The standard InChI is InChI=1S/C13H16ClN3O2/c1-3-9(15)7-12-16-13(17-19-12)10-5-4-8(14)6-11(10)18-2/h4-6,9H,3,7,15H2,1-2H3. The zero-order chi connectivity index (χ0) is 13.8. The van der Waals surface area contributed by atoms with Crippen molar-refractivity contribution in [2.24, 2.45) is 5.73 Å². The highest BCUT2D eigenvalue weighted by atomic mass is 35.5. The maximum atomic E-state index is 5.92. The van der Waals surface area contributed by atoms with Crippen molar-refractivity contribution in [3.05, 3.63) is 29.1 Å². The Morgan fingerprint density at radius 3 is 2.95 bits per heavy atom. The number of halogens is 1. The van der Waals surface area contributed by atoms with Crippen LogP contribution in [0.15, 0.2) is 22.7 Å². The van der Waals surface area contributed by atoms with Gasteiger partial charge >= 0.3 is 0 Å². The van der Waals surface area contributed by atoms with Crippen LogP contribution in [0.25, 0.3) is 11.4 Å². The van der Waals surface area contributed by atoms with Crippen LogP contribution in [-0.2, 0) is 6.42 Å². The van der Waals surface area contributed by atoms with Crippen LogP contribution < -0.4 is 10.5 Å². The predicted molar refractivity (Wildman–Crippen MR) is 73.3 cm³/mol. The number of hydrogen-bond acceptors (Lipinski definition) is 5. The number of benzene rings is 1. The molecule has 0 spiro atoms. The summed E-state index contributed by atoms with van der Waals surface area (Å²) in [6, 6.07) is 5.30. The van der Waals surface area contributed by atoms with Crippen molar-refractivity contribution >= 4 is 11.6 Å². The van der Waals surface area contributed by atoms with Gasteiger partial charge in [0, 0.05) is 17.5 Å². The summed E-state index contributed by atoms with van der Waals surface area (Å²) in [6.45, 7) is 2.02. The Morgan fingerprint density at radius 1 is 1.47 bits per heavy atom. The molecule has 0 saturated heterocycles. The van der Waals surface area contributed by atoms with Crippen LogP contribution in [0.4, 0.5) is 0 Å². The zero-order valence-corrected chi connectivity index (χ0v) is 11.6. The van der Waals surface area contributed by atoms with Gasteiger partial charge in [-0.2, -0.15) is 4.98 Å². The molecule has 0 bridgehead atoms. The minimum Gasteiger partial charge on any atom is -0.496 e. The molecule has 0 saturated carbocycles. The fourth-order valence-corrected chi connectivity index (χ4v) is 1.83. The molecule has 0 aliphatic heterocycles. The maximum Gasteiger partial charge on any atom is 0.228 e. The molecule has 0 radical (unpaired) electrons. The van der Waals surface area contributed by atoms with E-state index in [1.165, 1.54) is 0 Å². The van der Waals surface area contributed by atoms with E-state index in [9.17, 15) is 0 Å². The highest BCUT2D eigenvalue weighted by molar-refractivity contribution is 6.30. The molecular formula is C13H16ClN3O2. The van der Waals surface area contributed by atoms with Crippen molar-refractivity contribution in [3.63, 3.8) is 0 Å². The fraction of sp³-hybridized carbons (Fsp3) is 0.385. The van der Waals surface area contributed by atoms with E-state index < -0.39 is 0 Å². The van der Waals surface area contributed by atoms with Crippen molar-refractivity contribution in [2.75, 3.05) is 7.11 Å². The molecule has 6 heteroatoms. The first-order valence-corrected chi connectivity index (χ1v) is 6.44. The van der Waals surface area contributed by atoms with Crippen molar-refractivity contribution < 1.29 is 9.26 Å². The third-order valence-electron chi connectivity index (χ3n) is 2.83. The molecular weight excluding hydrogens is 266 g/mol. The summed E-state index contributed by atoms with van der Waals surface area (Å²) in [6.07, 6.45) is 1.43. The van der Waals surface area contributed by atoms with E-state index in [0.717, 1.165) is 12.0 Å². The molecule has 5 nitrogen and oxygen atoms in total. The van der Waals surface area contributed by atoms with E-state index in [1.807, 2.05) is 6.92 Å². The molecule has 102 valence electrons. The largest absolute Gasteiger partial charge is 0.496 e. The van der Waals surface area contributed by atoms with Crippen molar-refractivity contribution in [2.45, 2.75) is 25.8 Å². The van der Waals surface area contributed by atoms with E-state index in [0.29, 0.717) is 28.9 Å². The lowest BCUT2D eigenvalue weighted by molar-refractivity contribution is 0.367. The lowest BCUT2D eigenvalue weighted by Crippen LogP contribution is -2.21. The van der Waals surface area contributed by atoms with Crippen LogP contribution in [0.3, 0.4) is 0 Å². The van der Waals surface area contributed by atoms with Gasteiger partial charge in [0.15, 0.2) is 0 Å². The van der Waals surface area contributed by atoms with Gasteiger partial charge in [0.25, 0.3) is 0 Å². The van der Waals surface area contributed by atoms with Gasteiger partial charge in [-0.1, -0.05) is 23.7 Å². The normalized spacial score (nSPS) is 12.4. The smallest absolute Gasteiger partial charge is 0.228 e. The van der Waals surface area contributed by atoms with Gasteiger partial charge in [-0.15, -0.1) is 0 Å². The van der Waals surface area contributed by atoms with Crippen LogP contribution in [0.5, 0.6) is 5.75 Å². The fourth-order valence-electron chi connectivity index (χ4n) is 1.67. The summed E-state index contributed by atoms with van der Waals surface area (Å²) in [7, 11) is 1.57. The Morgan fingerprint density at radius 2 is 2.26 bits per heavy atom. The first-order chi connectivity index (χ1) is 9.13. The number of hydrogen-bond donors (Lipinski definition) is 1. The molecule has 1 unspecified atom stereocenters. The van der Waals surface area contributed by atoms with Crippen LogP contribution in [0.2, 0.25) is 5.02 Å². The number of methoxy groups -OCH3 is 1. The van der Waals surface area contributed by atoms with Gasteiger partial charge in [0.1, 0.15) is 5.75 Å². The minimum atomic E-state index is 0.0282. The lowest BCUT2D eigenvalue weighted by Gasteiger charge is -2.05. The predicted octanol–water partition coefficient (Wildman–Crippen LogP) is 2.68. The summed E-state index contributed by atoms with van der Waals surface area (Å²) in [4.78, 5) is 4.33. The molecule has 1 atom stereocenters. The highest BCUT2D eigenvalue weighted by Crippen LogP contribution is 2.30. The van der Waals surface area contributed by atoms with E-state index >= 15 is 0 Å². The van der Waals surface area contributed by atoms with Gasteiger partial charge in [0.2, 0.25) is 11.7 Å². The van der Waals surface area contributed by atoms with Gasteiger partial charge in [-0.05, 0) is 24.6 Å². The Balaban J connectivity index is 2.27. The number of nitrogens with zero attached hydrogens (tertiary/aromatic N) is 2. The van der Waals surface area contributed by atoms with Crippen molar-refractivity contribution in [1.29, 1.82) is 0 Å². The number of nitrogens with two attached hydrogens (primary N) is 1. The van der Waals surface area contributed by atoms with E-state index in [1.54, 1.807) is 25.3 Å². The summed E-state index contributed by atoms with van der Waals surface area (Å²) >= 11 is 5.92. The van der Waals surface area contributed by atoms with Crippen LogP contribution in [0.1, 0.15) is 19.2 Å². The molecule has 0 amide bonds. The molecule has 1 heterocycles. The Hall–Kier alpha value is -1.59. The van der Waals surface area contributed by atoms with Gasteiger partial charge in [-0.3, -0.25) is 0 Å². The number of rotatable bonds is 5. The quantitative estimate of drug-likeness (QED) is 0.912. The van der Waals surface area contributed by atoms with Gasteiger partial charge in [0.05, 0.1) is 12.7 Å². The number of ether oxygens (including phenoxy) is 1. The Labute approximate surface area is 116 Å². The van der Waals surface area contributed by atoms with Crippen LogP contribution in [0, 0.1) is 0 Å². The molecule has 2 aromatic rings. The van der Waals surface area contributed by atoms with Crippen LogP contribution >= 0.6 is 11.6 Å². The average Bonchev–Trinajstić information content (AvgIpc) is 2.86. The monoisotopic (exact) mass is 281 g/mol. The molecule has 0 aliphatic carbocycles. The van der Waals surface area contributed by atoms with Gasteiger partial charge < -0.3 is 15.0 Å². The van der Waals surface area contributed by atoms with Crippen molar-refractivity contribution in [1.82, 2.24) is 10.1 Å². The van der Waals surface area contributed by atoms with E-state index in [4.69, 9.17) is 26.6 Å². The molecule has 2 N–H and O–H groups in total. The number of aromatic nitrogens is 2. The molecule has 0 aliphatic rings. The van der Waals surface area contributed by atoms with Gasteiger partial charge in [-0.25, -0.2) is 0 Å². The average molecular weight is 282 g/mol. The minimum absolute atomic E-state index is 0.0282. The third-order valence-corrected chi connectivity index (χ3v) is 3.07. The summed E-state index contributed by atoms with van der Waals surface area (Å²) < 4.78 is 10.5. The highest BCUT2D eigenvalue weighted by Gasteiger charge is 2.15.